The molecule has 0 unspecified atom stereocenters. The van der Waals surface area contributed by atoms with Crippen LogP contribution in [0.3, 0.4) is 0 Å². The van der Waals surface area contributed by atoms with Crippen LogP contribution in [-0.4, -0.2) is 25.7 Å². The summed E-state index contributed by atoms with van der Waals surface area (Å²) in [5.41, 5.74) is 5.43. The first-order chi connectivity index (χ1) is 15.7. The van der Waals surface area contributed by atoms with Crippen LogP contribution in [0.15, 0.2) is 41.2 Å². The molecule has 0 bridgehead atoms. The van der Waals surface area contributed by atoms with Crippen LogP contribution in [0.4, 0.5) is 0 Å². The van der Waals surface area contributed by atoms with Crippen molar-refractivity contribution in [1.82, 2.24) is 19.9 Å². The first kappa shape index (κ1) is 23.3. The Balaban J connectivity index is 1.33. The van der Waals surface area contributed by atoms with Crippen LogP contribution in [0.2, 0.25) is 0 Å². The molecule has 0 radical (unpaired) electrons. The highest BCUT2D eigenvalue weighted by Crippen LogP contribution is 2.26. The van der Waals surface area contributed by atoms with Crippen LogP contribution in [0.25, 0.3) is 15.9 Å². The Bertz CT molecular complexity index is 1350. The lowest BCUT2D eigenvalue weighted by Crippen LogP contribution is -2.30. The summed E-state index contributed by atoms with van der Waals surface area (Å²) in [7, 11) is 0. The number of aromatic nitrogens is 3. The van der Waals surface area contributed by atoms with Gasteiger partial charge in [-0.15, -0.1) is 23.1 Å². The van der Waals surface area contributed by atoms with E-state index in [0.29, 0.717) is 23.5 Å². The zero-order chi connectivity index (χ0) is 23.7. The zero-order valence-corrected chi connectivity index (χ0v) is 21.1. The number of hydrogen-bond acceptors (Lipinski definition) is 5. The van der Waals surface area contributed by atoms with Crippen molar-refractivity contribution in [3.63, 3.8) is 0 Å². The Labute approximate surface area is 201 Å². The highest BCUT2D eigenvalue weighted by atomic mass is 32.2. The molecule has 4 aromatic rings. The van der Waals surface area contributed by atoms with Gasteiger partial charge in [-0.25, -0.2) is 4.98 Å². The molecule has 172 valence electrons. The van der Waals surface area contributed by atoms with Crippen molar-refractivity contribution in [1.29, 1.82) is 0 Å². The molecule has 6 nitrogen and oxygen atoms in total. The maximum Gasteiger partial charge on any atom is 0.259 e. The molecule has 2 N–H and O–H groups in total. The topological polar surface area (TPSA) is 79.8 Å². The number of fused-ring (bicyclic) bond motifs is 1. The molecule has 1 aromatic carbocycles. The Morgan fingerprint density at radius 1 is 1.12 bits per heavy atom. The fourth-order valence-corrected chi connectivity index (χ4v) is 5.65. The van der Waals surface area contributed by atoms with Crippen LogP contribution < -0.4 is 10.9 Å². The SMILES string of the molecule is Cc1sc2nc(CS[C@H](C)C(=O)NCc3ccc(-n4c(C)ccc4C)cc3)[nH]c(=O)c2c1C. The van der Waals surface area contributed by atoms with Gasteiger partial charge in [-0.1, -0.05) is 12.1 Å². The molecule has 0 aliphatic carbocycles. The first-order valence-electron chi connectivity index (χ1n) is 10.9. The van der Waals surface area contributed by atoms with E-state index in [1.165, 1.54) is 34.5 Å². The van der Waals surface area contributed by atoms with Crippen molar-refractivity contribution in [2.24, 2.45) is 0 Å². The molecule has 0 saturated carbocycles. The van der Waals surface area contributed by atoms with E-state index in [2.05, 4.69) is 58.0 Å². The van der Waals surface area contributed by atoms with Gasteiger partial charge in [0.2, 0.25) is 5.91 Å². The summed E-state index contributed by atoms with van der Waals surface area (Å²) < 4.78 is 2.20. The second-order valence-corrected chi connectivity index (χ2v) is 10.8. The molecule has 0 saturated heterocycles. The molecular formula is C25H28N4O2S2. The zero-order valence-electron chi connectivity index (χ0n) is 19.5. The number of carbonyl (C=O) groups excluding carboxylic acids is 1. The van der Waals surface area contributed by atoms with Crippen LogP contribution in [-0.2, 0) is 17.1 Å². The fourth-order valence-electron chi connectivity index (χ4n) is 3.82. The van der Waals surface area contributed by atoms with E-state index >= 15 is 0 Å². The average molecular weight is 481 g/mol. The van der Waals surface area contributed by atoms with Gasteiger partial charge in [0.15, 0.2) is 0 Å². The molecular weight excluding hydrogens is 452 g/mol. The third-order valence-electron chi connectivity index (χ3n) is 5.86. The van der Waals surface area contributed by atoms with Crippen molar-refractivity contribution < 1.29 is 4.79 Å². The van der Waals surface area contributed by atoms with Gasteiger partial charge in [0, 0.05) is 28.5 Å². The van der Waals surface area contributed by atoms with Crippen LogP contribution in [0.1, 0.15) is 40.1 Å². The highest BCUT2D eigenvalue weighted by Gasteiger charge is 2.16. The average Bonchev–Trinajstić information content (AvgIpc) is 3.28. The van der Waals surface area contributed by atoms with Gasteiger partial charge in [0.1, 0.15) is 10.7 Å². The number of rotatable bonds is 7. The molecule has 0 spiro atoms. The van der Waals surface area contributed by atoms with Gasteiger partial charge < -0.3 is 14.9 Å². The van der Waals surface area contributed by atoms with E-state index in [9.17, 15) is 9.59 Å². The van der Waals surface area contributed by atoms with Crippen LogP contribution >= 0.6 is 23.1 Å². The molecule has 1 atom stereocenters. The van der Waals surface area contributed by atoms with Gasteiger partial charge in [0.05, 0.1) is 16.4 Å². The number of nitrogens with one attached hydrogen (secondary N) is 2. The van der Waals surface area contributed by atoms with Gasteiger partial charge in [0.25, 0.3) is 5.56 Å². The second kappa shape index (κ2) is 9.57. The number of aromatic amines is 1. The number of amides is 1. The van der Waals surface area contributed by atoms with Crippen LogP contribution in [0, 0.1) is 27.7 Å². The Morgan fingerprint density at radius 3 is 2.45 bits per heavy atom. The Hall–Kier alpha value is -2.84. The molecule has 3 heterocycles. The molecule has 33 heavy (non-hydrogen) atoms. The largest absolute Gasteiger partial charge is 0.351 e. The van der Waals surface area contributed by atoms with Crippen molar-refractivity contribution in [2.75, 3.05) is 0 Å². The molecule has 3 aromatic heterocycles. The first-order valence-corrected chi connectivity index (χ1v) is 12.7. The quantitative estimate of drug-likeness (QED) is 0.392. The number of H-pyrrole nitrogens is 1. The van der Waals surface area contributed by atoms with Crippen LogP contribution in [0.5, 0.6) is 0 Å². The lowest BCUT2D eigenvalue weighted by atomic mass is 10.2. The minimum absolute atomic E-state index is 0.0348. The predicted molar refractivity (Wildman–Crippen MR) is 138 cm³/mol. The maximum absolute atomic E-state index is 12.6. The van der Waals surface area contributed by atoms with Gasteiger partial charge in [-0.05, 0) is 70.0 Å². The van der Waals surface area contributed by atoms with E-state index in [4.69, 9.17) is 0 Å². The Kier molecular flexibility index (Phi) is 6.76. The number of hydrogen-bond donors (Lipinski definition) is 2. The third-order valence-corrected chi connectivity index (χ3v) is 8.12. The maximum atomic E-state index is 12.6. The van der Waals surface area contributed by atoms with E-state index in [0.717, 1.165) is 26.5 Å². The predicted octanol–water partition coefficient (Wildman–Crippen LogP) is 4.95. The summed E-state index contributed by atoms with van der Waals surface area (Å²) in [6.07, 6.45) is 0. The summed E-state index contributed by atoms with van der Waals surface area (Å²) in [5.74, 6) is 1.04. The van der Waals surface area contributed by atoms with Gasteiger partial charge >= 0.3 is 0 Å². The summed E-state index contributed by atoms with van der Waals surface area (Å²) >= 11 is 3.00. The highest BCUT2D eigenvalue weighted by molar-refractivity contribution is 7.99. The molecule has 0 aliphatic rings. The molecule has 8 heteroatoms. The molecule has 0 fully saturated rings. The lowest BCUT2D eigenvalue weighted by Gasteiger charge is -2.13. The van der Waals surface area contributed by atoms with Crippen molar-refractivity contribution in [2.45, 2.75) is 52.2 Å². The third kappa shape index (κ3) is 4.91. The minimum atomic E-state index is -0.262. The minimum Gasteiger partial charge on any atom is -0.351 e. The summed E-state index contributed by atoms with van der Waals surface area (Å²) in [6.45, 7) is 10.5. The van der Waals surface area contributed by atoms with Crippen molar-refractivity contribution >= 4 is 39.2 Å². The summed E-state index contributed by atoms with van der Waals surface area (Å²) in [5, 5.41) is 3.42. The van der Waals surface area contributed by atoms with Crippen molar-refractivity contribution in [3.8, 4) is 5.69 Å². The number of thiophene rings is 1. The van der Waals surface area contributed by atoms with Crippen molar-refractivity contribution in [3.05, 3.63) is 80.0 Å². The van der Waals surface area contributed by atoms with E-state index < -0.39 is 0 Å². The summed E-state index contributed by atoms with van der Waals surface area (Å²) in [4.78, 5) is 34.3. The summed E-state index contributed by atoms with van der Waals surface area (Å²) in [6, 6.07) is 12.4. The van der Waals surface area contributed by atoms with E-state index in [1.54, 1.807) is 0 Å². The van der Waals surface area contributed by atoms with Gasteiger partial charge in [-0.2, -0.15) is 0 Å². The number of nitrogens with zero attached hydrogens (tertiary/aromatic N) is 2. The molecule has 4 rings (SSSR count). The van der Waals surface area contributed by atoms with E-state index in [-0.39, 0.29) is 16.7 Å². The Morgan fingerprint density at radius 2 is 1.79 bits per heavy atom. The fraction of sp³-hybridized carbons (Fsp3) is 0.320. The number of thioether (sulfide) groups is 1. The lowest BCUT2D eigenvalue weighted by molar-refractivity contribution is -0.120. The molecule has 1 amide bonds. The number of benzene rings is 1. The normalized spacial score (nSPS) is 12.3. The smallest absolute Gasteiger partial charge is 0.259 e. The van der Waals surface area contributed by atoms with Gasteiger partial charge in [-0.3, -0.25) is 9.59 Å². The number of carbonyl (C=O) groups is 1. The molecule has 0 aliphatic heterocycles. The monoisotopic (exact) mass is 480 g/mol. The van der Waals surface area contributed by atoms with E-state index in [1.807, 2.05) is 32.9 Å². The number of aryl methyl sites for hydroxylation is 4. The second-order valence-electron chi connectivity index (χ2n) is 8.27. The standard InChI is InChI=1S/C25H28N4O2S2/c1-14-6-7-15(2)29(14)20-10-8-19(9-11-20)12-26-23(30)18(5)32-13-21-27-24(31)22-16(3)17(4)33-25(22)28-21/h6-11,18H,12-13H2,1-5H3,(H,26,30)(H,27,28,31)/t18-/m1/s1.